The van der Waals surface area contributed by atoms with Crippen LogP contribution in [0.5, 0.6) is 0 Å². The molecule has 5 nitrogen and oxygen atoms in total. The second kappa shape index (κ2) is 8.20. The van der Waals surface area contributed by atoms with Crippen molar-refractivity contribution >= 4 is 15.7 Å². The first-order valence-corrected chi connectivity index (χ1v) is 10.6. The Morgan fingerprint density at radius 1 is 1.08 bits per heavy atom. The molecule has 0 aromatic heterocycles. The molecule has 1 aliphatic heterocycles. The maximum Gasteiger partial charge on any atom is 0.264 e. The van der Waals surface area contributed by atoms with E-state index >= 15 is 0 Å². The summed E-state index contributed by atoms with van der Waals surface area (Å²) >= 11 is 0. The highest BCUT2D eigenvalue weighted by atomic mass is 32.2. The van der Waals surface area contributed by atoms with E-state index in [1.807, 2.05) is 25.1 Å². The molecule has 0 bridgehead atoms. The van der Waals surface area contributed by atoms with Crippen LogP contribution in [0.25, 0.3) is 0 Å². The second-order valence-corrected chi connectivity index (χ2v) is 8.87. The normalized spacial score (nSPS) is 16.5. The molecule has 1 fully saturated rings. The van der Waals surface area contributed by atoms with Crippen LogP contribution in [0.4, 0.5) is 5.69 Å². The minimum absolute atomic E-state index is 0.0597. The molecule has 140 valence electrons. The number of likely N-dealkylation sites (tertiary alicyclic amines) is 1. The number of sulfonamides is 1. The molecule has 3 rings (SSSR count). The predicted octanol–water partition coefficient (Wildman–Crippen LogP) is 1.23. The average Bonchev–Trinajstić information content (AvgIpc) is 3.13. The molecule has 1 unspecified atom stereocenters. The first-order valence-electron chi connectivity index (χ1n) is 9.13. The topological polar surface area (TPSA) is 62.1 Å². The number of aliphatic hydroxyl groups is 1. The Kier molecular flexibility index (Phi) is 5.96. The van der Waals surface area contributed by atoms with Gasteiger partial charge in [-0.3, -0.25) is 4.31 Å². The van der Waals surface area contributed by atoms with Crippen LogP contribution in [-0.4, -0.2) is 45.8 Å². The van der Waals surface area contributed by atoms with E-state index in [9.17, 15) is 13.5 Å². The van der Waals surface area contributed by atoms with Gasteiger partial charge in [-0.1, -0.05) is 30.3 Å². The van der Waals surface area contributed by atoms with Gasteiger partial charge in [-0.2, -0.15) is 0 Å². The molecule has 6 heteroatoms. The maximum absolute atomic E-state index is 13.2. The number of quaternary nitrogens is 1. The highest BCUT2D eigenvalue weighted by Crippen LogP contribution is 2.24. The van der Waals surface area contributed by atoms with Gasteiger partial charge in [-0.05, 0) is 36.8 Å². The number of rotatable bonds is 7. The van der Waals surface area contributed by atoms with Crippen LogP contribution in [0.2, 0.25) is 0 Å². The summed E-state index contributed by atoms with van der Waals surface area (Å²) in [5.74, 6) is 0. The minimum Gasteiger partial charge on any atom is -0.385 e. The molecule has 0 spiro atoms. The van der Waals surface area contributed by atoms with E-state index in [4.69, 9.17) is 0 Å². The second-order valence-electron chi connectivity index (χ2n) is 7.00. The Morgan fingerprint density at radius 2 is 1.77 bits per heavy atom. The molecule has 1 atom stereocenters. The Balaban J connectivity index is 1.89. The first kappa shape index (κ1) is 18.9. The van der Waals surface area contributed by atoms with E-state index in [0.29, 0.717) is 12.2 Å². The third-order valence-corrected chi connectivity index (χ3v) is 6.64. The summed E-state index contributed by atoms with van der Waals surface area (Å²) in [6, 6.07) is 15.8. The molecule has 1 saturated heterocycles. The van der Waals surface area contributed by atoms with Crippen molar-refractivity contribution in [1.82, 2.24) is 0 Å². The molecule has 0 radical (unpaired) electrons. The largest absolute Gasteiger partial charge is 0.385 e. The summed E-state index contributed by atoms with van der Waals surface area (Å²) < 4.78 is 27.8. The third-order valence-electron chi connectivity index (χ3n) is 4.83. The van der Waals surface area contributed by atoms with Crippen molar-refractivity contribution in [3.8, 4) is 0 Å². The number of nitrogens with one attached hydrogen (secondary N) is 1. The number of aryl methyl sites for hydroxylation is 1. The number of aliphatic hydroxyl groups excluding tert-OH is 1. The van der Waals surface area contributed by atoms with Crippen LogP contribution in [0.15, 0.2) is 59.5 Å². The molecular weight excluding hydrogens is 348 g/mol. The van der Waals surface area contributed by atoms with Gasteiger partial charge in [-0.15, -0.1) is 0 Å². The summed E-state index contributed by atoms with van der Waals surface area (Å²) in [7, 11) is -3.74. The van der Waals surface area contributed by atoms with Gasteiger partial charge in [0, 0.05) is 12.8 Å². The molecule has 2 aromatic carbocycles. The molecule has 1 aliphatic rings. The fraction of sp³-hybridized carbons (Fsp3) is 0.400. The van der Waals surface area contributed by atoms with Crippen LogP contribution in [-0.2, 0) is 10.0 Å². The van der Waals surface area contributed by atoms with E-state index in [0.717, 1.165) is 18.7 Å². The van der Waals surface area contributed by atoms with Gasteiger partial charge >= 0.3 is 0 Å². The van der Waals surface area contributed by atoms with E-state index in [2.05, 4.69) is 0 Å². The number of hydrogen-bond acceptors (Lipinski definition) is 3. The lowest BCUT2D eigenvalue weighted by atomic mass is 10.2. The zero-order chi connectivity index (χ0) is 18.6. The third kappa shape index (κ3) is 4.44. The molecule has 26 heavy (non-hydrogen) atoms. The average molecular weight is 376 g/mol. The van der Waals surface area contributed by atoms with Crippen LogP contribution in [0.3, 0.4) is 0 Å². The van der Waals surface area contributed by atoms with Gasteiger partial charge in [0.1, 0.15) is 12.6 Å². The van der Waals surface area contributed by atoms with Gasteiger partial charge < -0.3 is 10.0 Å². The van der Waals surface area contributed by atoms with Crippen LogP contribution >= 0.6 is 0 Å². The maximum atomic E-state index is 13.2. The lowest BCUT2D eigenvalue weighted by Gasteiger charge is -2.28. The molecule has 0 aliphatic carbocycles. The summed E-state index contributed by atoms with van der Waals surface area (Å²) in [6.45, 7) is 4.66. The Hall–Kier alpha value is -1.89. The molecule has 2 N–H and O–H groups in total. The van der Waals surface area contributed by atoms with Gasteiger partial charge in [0.15, 0.2) is 0 Å². The smallest absolute Gasteiger partial charge is 0.264 e. The Bertz CT molecular complexity index is 818. The van der Waals surface area contributed by atoms with Crippen molar-refractivity contribution in [2.75, 3.05) is 30.5 Å². The molecule has 1 heterocycles. The fourth-order valence-corrected chi connectivity index (χ4v) is 5.03. The van der Waals surface area contributed by atoms with Crippen molar-refractivity contribution in [3.63, 3.8) is 0 Å². The standard InChI is InChI=1S/C20H26N2O3S/c1-17-8-7-9-18(14-17)22(16-19(23)15-21-12-5-6-13-21)26(24,25)20-10-3-2-4-11-20/h2-4,7-11,14,19,23H,5-6,12-13,15-16H2,1H3/p+1. The monoisotopic (exact) mass is 375 g/mol. The van der Waals surface area contributed by atoms with E-state index in [1.54, 1.807) is 36.4 Å². The number of anilines is 1. The van der Waals surface area contributed by atoms with Gasteiger partial charge in [0.25, 0.3) is 10.0 Å². The van der Waals surface area contributed by atoms with E-state index in [-0.39, 0.29) is 11.4 Å². The lowest BCUT2D eigenvalue weighted by molar-refractivity contribution is -0.890. The molecule has 2 aromatic rings. The SMILES string of the molecule is Cc1cccc(N(CC(O)C[NH+]2CCCC2)S(=O)(=O)c2ccccc2)c1. The molecule has 0 saturated carbocycles. The van der Waals surface area contributed by atoms with Crippen molar-refractivity contribution in [2.45, 2.75) is 30.8 Å². The van der Waals surface area contributed by atoms with Crippen LogP contribution in [0, 0.1) is 6.92 Å². The lowest BCUT2D eigenvalue weighted by Crippen LogP contribution is -3.11. The van der Waals surface area contributed by atoms with Crippen molar-refractivity contribution in [2.24, 2.45) is 0 Å². The number of nitrogens with zero attached hydrogens (tertiary/aromatic N) is 1. The van der Waals surface area contributed by atoms with Crippen molar-refractivity contribution in [1.29, 1.82) is 0 Å². The highest BCUT2D eigenvalue weighted by molar-refractivity contribution is 7.92. The predicted molar refractivity (Wildman–Crippen MR) is 103 cm³/mol. The quantitative estimate of drug-likeness (QED) is 0.765. The molecule has 0 amide bonds. The van der Waals surface area contributed by atoms with Crippen molar-refractivity contribution in [3.05, 3.63) is 60.2 Å². The first-order chi connectivity index (χ1) is 12.5. The van der Waals surface area contributed by atoms with Crippen LogP contribution in [0.1, 0.15) is 18.4 Å². The summed E-state index contributed by atoms with van der Waals surface area (Å²) in [5, 5.41) is 10.6. The van der Waals surface area contributed by atoms with Crippen molar-refractivity contribution < 1.29 is 18.4 Å². The Morgan fingerprint density at radius 3 is 2.42 bits per heavy atom. The van der Waals surface area contributed by atoms with E-state index in [1.165, 1.54) is 22.0 Å². The summed E-state index contributed by atoms with van der Waals surface area (Å²) in [5.41, 5.74) is 1.57. The number of hydrogen-bond donors (Lipinski definition) is 2. The van der Waals surface area contributed by atoms with Gasteiger partial charge in [0.2, 0.25) is 0 Å². The number of benzene rings is 2. The summed E-state index contributed by atoms with van der Waals surface area (Å²) in [4.78, 5) is 1.58. The summed E-state index contributed by atoms with van der Waals surface area (Å²) in [6.07, 6.45) is 1.64. The fourth-order valence-electron chi connectivity index (χ4n) is 3.51. The zero-order valence-corrected chi connectivity index (χ0v) is 16.0. The van der Waals surface area contributed by atoms with Gasteiger partial charge in [0.05, 0.1) is 30.2 Å². The Labute approximate surface area is 155 Å². The minimum atomic E-state index is -3.74. The highest BCUT2D eigenvalue weighted by Gasteiger charge is 2.29. The van der Waals surface area contributed by atoms with E-state index < -0.39 is 16.1 Å². The van der Waals surface area contributed by atoms with Gasteiger partial charge in [-0.25, -0.2) is 8.42 Å². The molecular formula is C20H27N2O3S+. The van der Waals surface area contributed by atoms with Crippen LogP contribution < -0.4 is 9.21 Å². The zero-order valence-electron chi connectivity index (χ0n) is 15.1.